The van der Waals surface area contributed by atoms with Gasteiger partial charge in [-0.1, -0.05) is 11.6 Å². The number of rotatable bonds is 1. The smallest absolute Gasteiger partial charge is 0.0777 e. The molecule has 66 valence electrons. The number of aliphatic hydroxyl groups excluding tert-OH is 1. The number of benzene rings is 1. The van der Waals surface area contributed by atoms with Crippen LogP contribution in [0, 0.1) is 0 Å². The van der Waals surface area contributed by atoms with Crippen molar-refractivity contribution in [3.8, 4) is 0 Å². The maximum atomic E-state index is 9.26. The lowest BCUT2D eigenvalue weighted by Gasteiger charge is -2.09. The normalized spacial score (nSPS) is 13.0. The van der Waals surface area contributed by atoms with Gasteiger partial charge in [0.2, 0.25) is 0 Å². The molecular weight excluding hydrogens is 241 g/mol. The van der Waals surface area contributed by atoms with Gasteiger partial charge >= 0.3 is 0 Å². The summed E-state index contributed by atoms with van der Waals surface area (Å²) in [4.78, 5) is 0. The van der Waals surface area contributed by atoms with Crippen LogP contribution in [-0.4, -0.2) is 5.11 Å². The molecule has 0 amide bonds. The van der Waals surface area contributed by atoms with E-state index in [4.69, 9.17) is 17.3 Å². The molecule has 0 aromatic heterocycles. The second-order valence-corrected chi connectivity index (χ2v) is 3.83. The Hall–Kier alpha value is -0.250. The van der Waals surface area contributed by atoms with Gasteiger partial charge in [-0.3, -0.25) is 0 Å². The van der Waals surface area contributed by atoms with Gasteiger partial charge in [-0.15, -0.1) is 0 Å². The van der Waals surface area contributed by atoms with Gasteiger partial charge in [0.1, 0.15) is 0 Å². The van der Waals surface area contributed by atoms with Crippen LogP contribution in [0.15, 0.2) is 16.6 Å². The molecule has 0 saturated carbocycles. The van der Waals surface area contributed by atoms with Gasteiger partial charge in [-0.05, 0) is 35.0 Å². The maximum Gasteiger partial charge on any atom is 0.0777 e. The van der Waals surface area contributed by atoms with Crippen molar-refractivity contribution >= 4 is 33.2 Å². The molecule has 0 spiro atoms. The Morgan fingerprint density at radius 2 is 2.17 bits per heavy atom. The predicted molar refractivity (Wildman–Crippen MR) is 54.2 cm³/mol. The first-order valence-electron chi connectivity index (χ1n) is 3.45. The molecule has 1 aromatic carbocycles. The Labute approximate surface area is 84.5 Å². The van der Waals surface area contributed by atoms with Gasteiger partial charge in [0.15, 0.2) is 0 Å². The third kappa shape index (κ3) is 1.91. The molecule has 0 heterocycles. The minimum atomic E-state index is -0.590. The molecule has 1 atom stereocenters. The van der Waals surface area contributed by atoms with Crippen molar-refractivity contribution in [1.82, 2.24) is 0 Å². The van der Waals surface area contributed by atoms with E-state index in [1.165, 1.54) is 0 Å². The highest BCUT2D eigenvalue weighted by molar-refractivity contribution is 9.10. The van der Waals surface area contributed by atoms with Crippen LogP contribution in [-0.2, 0) is 0 Å². The number of anilines is 1. The zero-order chi connectivity index (χ0) is 9.30. The van der Waals surface area contributed by atoms with E-state index < -0.39 is 6.10 Å². The van der Waals surface area contributed by atoms with E-state index in [1.807, 2.05) is 0 Å². The van der Waals surface area contributed by atoms with Crippen molar-refractivity contribution in [2.45, 2.75) is 13.0 Å². The SMILES string of the molecule is C[C@@H](O)c1cc(N)c(Br)cc1Cl. The lowest BCUT2D eigenvalue weighted by Crippen LogP contribution is -1.95. The van der Waals surface area contributed by atoms with Crippen molar-refractivity contribution in [2.24, 2.45) is 0 Å². The van der Waals surface area contributed by atoms with E-state index in [2.05, 4.69) is 15.9 Å². The summed E-state index contributed by atoms with van der Waals surface area (Å²) in [5.41, 5.74) is 6.84. The minimum absolute atomic E-state index is 0.520. The van der Waals surface area contributed by atoms with Crippen molar-refractivity contribution in [3.63, 3.8) is 0 Å². The quantitative estimate of drug-likeness (QED) is 0.753. The average molecular weight is 251 g/mol. The Kier molecular flexibility index (Phi) is 2.99. The number of hydrogen-bond acceptors (Lipinski definition) is 2. The monoisotopic (exact) mass is 249 g/mol. The topological polar surface area (TPSA) is 46.2 Å². The molecule has 3 N–H and O–H groups in total. The molecule has 2 nitrogen and oxygen atoms in total. The summed E-state index contributed by atoms with van der Waals surface area (Å²) in [5, 5.41) is 9.78. The molecule has 0 bridgehead atoms. The van der Waals surface area contributed by atoms with Crippen LogP contribution in [0.25, 0.3) is 0 Å². The summed E-state index contributed by atoms with van der Waals surface area (Å²) in [7, 11) is 0. The van der Waals surface area contributed by atoms with Crippen LogP contribution in [0.4, 0.5) is 5.69 Å². The molecule has 1 aromatic rings. The summed E-state index contributed by atoms with van der Waals surface area (Å²) in [6, 6.07) is 3.34. The first kappa shape index (κ1) is 9.84. The van der Waals surface area contributed by atoms with Gasteiger partial charge in [0, 0.05) is 20.7 Å². The van der Waals surface area contributed by atoms with Crippen molar-refractivity contribution in [1.29, 1.82) is 0 Å². The fourth-order valence-electron chi connectivity index (χ4n) is 0.903. The zero-order valence-electron chi connectivity index (χ0n) is 6.51. The van der Waals surface area contributed by atoms with E-state index in [-0.39, 0.29) is 0 Å². The van der Waals surface area contributed by atoms with Crippen molar-refractivity contribution < 1.29 is 5.11 Å². The molecule has 12 heavy (non-hydrogen) atoms. The van der Waals surface area contributed by atoms with Crippen LogP contribution in [0.3, 0.4) is 0 Å². The fraction of sp³-hybridized carbons (Fsp3) is 0.250. The average Bonchev–Trinajstić information content (AvgIpc) is 1.96. The number of nitrogen functional groups attached to an aromatic ring is 1. The van der Waals surface area contributed by atoms with Gasteiger partial charge in [-0.25, -0.2) is 0 Å². The molecule has 0 unspecified atom stereocenters. The molecule has 0 fully saturated rings. The lowest BCUT2D eigenvalue weighted by atomic mass is 10.1. The standard InChI is InChI=1S/C8H9BrClNO/c1-4(12)5-2-8(11)6(9)3-7(5)10/h2-4,12H,11H2,1H3/t4-/m1/s1. The van der Waals surface area contributed by atoms with Crippen LogP contribution in [0.5, 0.6) is 0 Å². The third-order valence-electron chi connectivity index (χ3n) is 1.57. The molecule has 0 saturated heterocycles. The van der Waals surface area contributed by atoms with E-state index in [0.717, 1.165) is 4.47 Å². The number of nitrogens with two attached hydrogens (primary N) is 1. The molecule has 1 rings (SSSR count). The van der Waals surface area contributed by atoms with E-state index in [1.54, 1.807) is 19.1 Å². The number of aliphatic hydroxyl groups is 1. The number of halogens is 2. The summed E-state index contributed by atoms with van der Waals surface area (Å²) in [6.07, 6.45) is -0.590. The maximum absolute atomic E-state index is 9.26. The summed E-state index contributed by atoms with van der Waals surface area (Å²) < 4.78 is 0.747. The van der Waals surface area contributed by atoms with Gasteiger partial charge in [0.05, 0.1) is 6.10 Å². The van der Waals surface area contributed by atoms with Crippen LogP contribution in [0.2, 0.25) is 5.02 Å². The highest BCUT2D eigenvalue weighted by Gasteiger charge is 2.08. The Morgan fingerprint density at radius 1 is 1.58 bits per heavy atom. The Bertz CT molecular complexity index is 301. The van der Waals surface area contributed by atoms with Crippen LogP contribution in [0.1, 0.15) is 18.6 Å². The summed E-state index contributed by atoms with van der Waals surface area (Å²) >= 11 is 9.09. The fourth-order valence-corrected chi connectivity index (χ4v) is 1.70. The molecule has 4 heteroatoms. The molecule has 0 radical (unpaired) electrons. The molecule has 0 aliphatic rings. The molecule has 0 aliphatic carbocycles. The highest BCUT2D eigenvalue weighted by atomic mass is 79.9. The van der Waals surface area contributed by atoms with E-state index in [0.29, 0.717) is 16.3 Å². The number of hydrogen-bond donors (Lipinski definition) is 2. The van der Waals surface area contributed by atoms with Gasteiger partial charge < -0.3 is 10.8 Å². The first-order valence-corrected chi connectivity index (χ1v) is 4.62. The largest absolute Gasteiger partial charge is 0.398 e. The lowest BCUT2D eigenvalue weighted by molar-refractivity contribution is 0.199. The van der Waals surface area contributed by atoms with Crippen LogP contribution < -0.4 is 5.73 Å². The second kappa shape index (κ2) is 3.64. The molecular formula is C8H9BrClNO. The van der Waals surface area contributed by atoms with Gasteiger partial charge in [-0.2, -0.15) is 0 Å². The van der Waals surface area contributed by atoms with Crippen LogP contribution >= 0.6 is 27.5 Å². The van der Waals surface area contributed by atoms with Crippen molar-refractivity contribution in [2.75, 3.05) is 5.73 Å². The van der Waals surface area contributed by atoms with Gasteiger partial charge in [0.25, 0.3) is 0 Å². The Morgan fingerprint density at radius 3 is 2.67 bits per heavy atom. The predicted octanol–water partition coefficient (Wildman–Crippen LogP) is 2.74. The zero-order valence-corrected chi connectivity index (χ0v) is 8.85. The van der Waals surface area contributed by atoms with E-state index >= 15 is 0 Å². The molecule has 0 aliphatic heterocycles. The summed E-state index contributed by atoms with van der Waals surface area (Å²) in [6.45, 7) is 1.65. The first-order chi connectivity index (χ1) is 5.52. The highest BCUT2D eigenvalue weighted by Crippen LogP contribution is 2.30. The second-order valence-electron chi connectivity index (χ2n) is 2.57. The minimum Gasteiger partial charge on any atom is -0.398 e. The third-order valence-corrected chi connectivity index (χ3v) is 2.58. The summed E-state index contributed by atoms with van der Waals surface area (Å²) in [5.74, 6) is 0. The van der Waals surface area contributed by atoms with Crippen molar-refractivity contribution in [3.05, 3.63) is 27.2 Å². The van der Waals surface area contributed by atoms with E-state index in [9.17, 15) is 5.11 Å². The Balaban J connectivity index is 3.23.